The summed E-state index contributed by atoms with van der Waals surface area (Å²) in [5.41, 5.74) is 4.91. The molecule has 0 saturated carbocycles. The summed E-state index contributed by atoms with van der Waals surface area (Å²) in [6.07, 6.45) is 3.79. The zero-order valence-electron chi connectivity index (χ0n) is 14.8. The van der Waals surface area contributed by atoms with Crippen LogP contribution in [-0.2, 0) is 16.1 Å². The topological polar surface area (TPSA) is 51.2 Å². The molecule has 0 atom stereocenters. The van der Waals surface area contributed by atoms with Gasteiger partial charge in [-0.1, -0.05) is 45.0 Å². The second kappa shape index (κ2) is 13.5. The molecule has 4 nitrogen and oxygen atoms in total. The maximum Gasteiger partial charge on any atom is 0.292 e. The van der Waals surface area contributed by atoms with Crippen molar-refractivity contribution in [3.63, 3.8) is 0 Å². The third kappa shape index (κ3) is 8.73. The van der Waals surface area contributed by atoms with Crippen LogP contribution in [0, 0.1) is 6.92 Å². The van der Waals surface area contributed by atoms with Gasteiger partial charge in [0.2, 0.25) is 0 Å². The van der Waals surface area contributed by atoms with Crippen molar-refractivity contribution < 1.29 is 9.53 Å². The van der Waals surface area contributed by atoms with Gasteiger partial charge in [-0.3, -0.25) is 9.78 Å². The van der Waals surface area contributed by atoms with Crippen molar-refractivity contribution in [2.75, 3.05) is 13.7 Å². The van der Waals surface area contributed by atoms with Gasteiger partial charge in [0.05, 0.1) is 7.11 Å². The second-order valence-corrected chi connectivity index (χ2v) is 4.56. The molecule has 1 N–H and O–H groups in total. The Labute approximate surface area is 139 Å². The lowest BCUT2D eigenvalue weighted by Crippen LogP contribution is -2.11. The molecule has 4 heteroatoms. The predicted molar refractivity (Wildman–Crippen MR) is 96.2 cm³/mol. The molecular weight excluding hydrogens is 288 g/mol. The molecule has 23 heavy (non-hydrogen) atoms. The summed E-state index contributed by atoms with van der Waals surface area (Å²) in [5.74, 6) is 0. The highest BCUT2D eigenvalue weighted by molar-refractivity contribution is 5.63. The molecule has 0 bridgehead atoms. The molecule has 0 radical (unpaired) electrons. The number of hydrogen-bond acceptors (Lipinski definition) is 4. The number of rotatable bonds is 5. The molecular formula is C19H28N2O2. The quantitative estimate of drug-likeness (QED) is 0.848. The van der Waals surface area contributed by atoms with E-state index in [4.69, 9.17) is 4.79 Å². The summed E-state index contributed by atoms with van der Waals surface area (Å²) in [6.45, 7) is 10.5. The molecule has 1 heterocycles. The SMILES string of the molecule is CC.CCNCc1ccc(-c2cncc(C)c2)cc1.COC=O. The number of carbonyl (C=O) groups is 1. The first-order chi connectivity index (χ1) is 11.2. The zero-order valence-corrected chi connectivity index (χ0v) is 14.8. The fraction of sp³-hybridized carbons (Fsp3) is 0.368. The van der Waals surface area contributed by atoms with E-state index in [1.807, 2.05) is 26.2 Å². The Morgan fingerprint density at radius 1 is 1.13 bits per heavy atom. The van der Waals surface area contributed by atoms with Gasteiger partial charge in [-0.05, 0) is 36.2 Å². The molecule has 0 unspecified atom stereocenters. The van der Waals surface area contributed by atoms with Crippen molar-refractivity contribution in [3.05, 3.63) is 53.9 Å². The van der Waals surface area contributed by atoms with Gasteiger partial charge in [-0.25, -0.2) is 0 Å². The number of nitrogens with one attached hydrogen (secondary N) is 1. The van der Waals surface area contributed by atoms with E-state index in [0.29, 0.717) is 6.47 Å². The average molecular weight is 316 g/mol. The fourth-order valence-corrected chi connectivity index (χ4v) is 1.80. The molecule has 2 rings (SSSR count). The van der Waals surface area contributed by atoms with Crippen LogP contribution in [-0.4, -0.2) is 25.1 Å². The monoisotopic (exact) mass is 316 g/mol. The van der Waals surface area contributed by atoms with Gasteiger partial charge in [0.1, 0.15) is 0 Å². The summed E-state index contributed by atoms with van der Waals surface area (Å²) in [5, 5.41) is 3.32. The van der Waals surface area contributed by atoms with E-state index in [1.165, 1.54) is 29.4 Å². The maximum atomic E-state index is 8.95. The van der Waals surface area contributed by atoms with E-state index in [9.17, 15) is 0 Å². The lowest BCUT2D eigenvalue weighted by atomic mass is 10.0. The first kappa shape index (κ1) is 20.8. The normalized spacial score (nSPS) is 8.91. The van der Waals surface area contributed by atoms with Crippen LogP contribution in [0.2, 0.25) is 0 Å². The van der Waals surface area contributed by atoms with Crippen LogP contribution in [0.15, 0.2) is 42.7 Å². The number of aromatic nitrogens is 1. The molecule has 2 aromatic rings. The molecule has 126 valence electrons. The number of carbonyl (C=O) groups excluding carboxylic acids is 1. The van der Waals surface area contributed by atoms with Gasteiger partial charge in [-0.2, -0.15) is 0 Å². The first-order valence-corrected chi connectivity index (χ1v) is 7.89. The minimum absolute atomic E-state index is 0.375. The molecule has 0 aliphatic carbocycles. The van der Waals surface area contributed by atoms with Crippen LogP contribution >= 0.6 is 0 Å². The van der Waals surface area contributed by atoms with Crippen molar-refractivity contribution in [2.24, 2.45) is 0 Å². The highest BCUT2D eigenvalue weighted by Crippen LogP contribution is 2.19. The summed E-state index contributed by atoms with van der Waals surface area (Å²) in [7, 11) is 1.31. The average Bonchev–Trinajstić information content (AvgIpc) is 2.62. The Morgan fingerprint density at radius 3 is 2.22 bits per heavy atom. The third-order valence-corrected chi connectivity index (χ3v) is 2.84. The van der Waals surface area contributed by atoms with E-state index >= 15 is 0 Å². The maximum absolute atomic E-state index is 8.95. The third-order valence-electron chi connectivity index (χ3n) is 2.84. The number of aryl methyl sites for hydroxylation is 1. The largest absolute Gasteiger partial charge is 0.471 e. The minimum Gasteiger partial charge on any atom is -0.471 e. The van der Waals surface area contributed by atoms with E-state index in [2.05, 4.69) is 59.2 Å². The van der Waals surface area contributed by atoms with E-state index in [0.717, 1.165) is 13.1 Å². The van der Waals surface area contributed by atoms with E-state index in [1.54, 1.807) is 0 Å². The molecule has 0 aliphatic heterocycles. The number of hydrogen-bond donors (Lipinski definition) is 1. The van der Waals surface area contributed by atoms with Crippen molar-refractivity contribution in [1.82, 2.24) is 10.3 Å². The standard InChI is InChI=1S/C15H18N2.C2H4O2.C2H6/c1-3-16-10-13-4-6-14(7-5-13)15-8-12(2)9-17-11-15;1-4-2-3;1-2/h4-9,11,16H,3,10H2,1-2H3;2H,1H3;1-2H3. The molecule has 0 amide bonds. The molecule has 0 fully saturated rings. The molecule has 1 aromatic carbocycles. The van der Waals surface area contributed by atoms with Crippen molar-refractivity contribution in [1.29, 1.82) is 0 Å². The Balaban J connectivity index is 0.000000705. The Kier molecular flexibility index (Phi) is 12.2. The Hall–Kier alpha value is -2.20. The summed E-state index contributed by atoms with van der Waals surface area (Å²) < 4.78 is 3.86. The van der Waals surface area contributed by atoms with E-state index in [-0.39, 0.29) is 0 Å². The van der Waals surface area contributed by atoms with Crippen molar-refractivity contribution in [3.8, 4) is 11.1 Å². The minimum atomic E-state index is 0.375. The highest BCUT2D eigenvalue weighted by Gasteiger charge is 1.98. The van der Waals surface area contributed by atoms with Gasteiger partial charge >= 0.3 is 0 Å². The molecule has 0 saturated heterocycles. The molecule has 0 spiro atoms. The number of ether oxygens (including phenoxy) is 1. The number of pyridine rings is 1. The van der Waals surface area contributed by atoms with Crippen LogP contribution in [0.5, 0.6) is 0 Å². The van der Waals surface area contributed by atoms with Crippen LogP contribution in [0.25, 0.3) is 11.1 Å². The lowest BCUT2D eigenvalue weighted by molar-refractivity contribution is -0.126. The smallest absolute Gasteiger partial charge is 0.292 e. The van der Waals surface area contributed by atoms with Crippen LogP contribution in [0.4, 0.5) is 0 Å². The van der Waals surface area contributed by atoms with Gasteiger partial charge in [0, 0.05) is 24.5 Å². The van der Waals surface area contributed by atoms with Crippen molar-refractivity contribution in [2.45, 2.75) is 34.2 Å². The second-order valence-electron chi connectivity index (χ2n) is 4.56. The van der Waals surface area contributed by atoms with Gasteiger partial charge in [-0.15, -0.1) is 0 Å². The zero-order chi connectivity index (χ0) is 17.5. The molecule has 1 aromatic heterocycles. The fourth-order valence-electron chi connectivity index (χ4n) is 1.80. The Bertz CT molecular complexity index is 539. The number of methoxy groups -OCH3 is 1. The highest BCUT2D eigenvalue weighted by atomic mass is 16.5. The van der Waals surface area contributed by atoms with Crippen LogP contribution in [0.3, 0.4) is 0 Å². The summed E-state index contributed by atoms with van der Waals surface area (Å²) >= 11 is 0. The van der Waals surface area contributed by atoms with Gasteiger partial charge in [0.25, 0.3) is 6.47 Å². The van der Waals surface area contributed by atoms with Gasteiger partial charge in [0.15, 0.2) is 0 Å². The number of benzene rings is 1. The van der Waals surface area contributed by atoms with Crippen LogP contribution in [0.1, 0.15) is 31.9 Å². The Morgan fingerprint density at radius 2 is 1.74 bits per heavy atom. The summed E-state index contributed by atoms with van der Waals surface area (Å²) in [6, 6.07) is 10.8. The lowest BCUT2D eigenvalue weighted by Gasteiger charge is -2.05. The molecule has 0 aliphatic rings. The first-order valence-electron chi connectivity index (χ1n) is 7.89. The van der Waals surface area contributed by atoms with E-state index < -0.39 is 0 Å². The summed E-state index contributed by atoms with van der Waals surface area (Å²) in [4.78, 5) is 13.2. The number of nitrogens with zero attached hydrogens (tertiary/aromatic N) is 1. The van der Waals surface area contributed by atoms with Crippen molar-refractivity contribution >= 4 is 6.47 Å². The predicted octanol–water partition coefficient (Wildman–Crippen LogP) is 3.98. The van der Waals surface area contributed by atoms with Crippen LogP contribution < -0.4 is 5.32 Å². The van der Waals surface area contributed by atoms with Gasteiger partial charge < -0.3 is 10.1 Å².